The minimum Gasteiger partial charge on any atom is -0.398 e. The standard InChI is InChI=1S/C10H10INS/c1-2-6-5-8(12)9(11)10-7(6)3-4-13-10/h3-5H,2,12H2,1H3. The molecule has 0 saturated carbocycles. The van der Waals surface area contributed by atoms with Crippen LogP contribution in [0.2, 0.25) is 0 Å². The quantitative estimate of drug-likeness (QED) is 0.631. The first kappa shape index (κ1) is 9.27. The van der Waals surface area contributed by atoms with Crippen molar-refractivity contribution in [3.05, 3.63) is 26.6 Å². The maximum Gasteiger partial charge on any atom is 0.0538 e. The van der Waals surface area contributed by atoms with E-state index in [-0.39, 0.29) is 0 Å². The van der Waals surface area contributed by atoms with Crippen molar-refractivity contribution in [1.82, 2.24) is 0 Å². The predicted molar refractivity (Wildman–Crippen MR) is 68.3 cm³/mol. The Labute approximate surface area is 95.1 Å². The fraction of sp³-hybridized carbons (Fsp3) is 0.200. The molecule has 1 nitrogen and oxygen atoms in total. The van der Waals surface area contributed by atoms with Crippen molar-refractivity contribution in [1.29, 1.82) is 0 Å². The summed E-state index contributed by atoms with van der Waals surface area (Å²) in [5.41, 5.74) is 8.19. The van der Waals surface area contributed by atoms with Gasteiger partial charge in [0.2, 0.25) is 0 Å². The molecule has 2 aromatic rings. The van der Waals surface area contributed by atoms with Gasteiger partial charge in [-0.2, -0.15) is 0 Å². The maximum absolute atomic E-state index is 5.92. The van der Waals surface area contributed by atoms with Gasteiger partial charge in [-0.15, -0.1) is 11.3 Å². The van der Waals surface area contributed by atoms with Gasteiger partial charge in [0.1, 0.15) is 0 Å². The molecule has 0 unspecified atom stereocenters. The zero-order valence-electron chi connectivity index (χ0n) is 7.30. The number of hydrogen-bond donors (Lipinski definition) is 1. The molecule has 1 aromatic heterocycles. The van der Waals surface area contributed by atoms with E-state index < -0.39 is 0 Å². The highest BCUT2D eigenvalue weighted by molar-refractivity contribution is 14.1. The van der Waals surface area contributed by atoms with Crippen molar-refractivity contribution in [3.8, 4) is 0 Å². The minimum atomic E-state index is 0.910. The SMILES string of the molecule is CCc1cc(N)c(I)c2sccc12. The molecule has 13 heavy (non-hydrogen) atoms. The number of rotatable bonds is 1. The number of nitrogen functional groups attached to an aromatic ring is 1. The molecule has 2 N–H and O–H groups in total. The molecule has 1 heterocycles. The first-order valence-electron chi connectivity index (χ1n) is 4.18. The molecule has 0 saturated heterocycles. The van der Waals surface area contributed by atoms with Crippen molar-refractivity contribution in [2.75, 3.05) is 5.73 Å². The third-order valence-electron chi connectivity index (χ3n) is 2.17. The molecule has 0 fully saturated rings. The van der Waals surface area contributed by atoms with Crippen molar-refractivity contribution < 1.29 is 0 Å². The Kier molecular flexibility index (Phi) is 2.47. The van der Waals surface area contributed by atoms with E-state index in [0.29, 0.717) is 0 Å². The number of halogens is 1. The van der Waals surface area contributed by atoms with Crippen LogP contribution in [0, 0.1) is 3.57 Å². The number of anilines is 1. The Hall–Kier alpha value is -0.290. The molecule has 1 aromatic carbocycles. The van der Waals surface area contributed by atoms with Gasteiger partial charge >= 0.3 is 0 Å². The van der Waals surface area contributed by atoms with E-state index in [1.807, 2.05) is 0 Å². The zero-order chi connectivity index (χ0) is 9.42. The monoisotopic (exact) mass is 303 g/mol. The van der Waals surface area contributed by atoms with Gasteiger partial charge < -0.3 is 5.73 Å². The van der Waals surface area contributed by atoms with Crippen molar-refractivity contribution >= 4 is 49.7 Å². The van der Waals surface area contributed by atoms with Crippen LogP contribution in [0.15, 0.2) is 17.5 Å². The highest BCUT2D eigenvalue weighted by atomic mass is 127. The van der Waals surface area contributed by atoms with E-state index in [0.717, 1.165) is 12.1 Å². The van der Waals surface area contributed by atoms with Crippen molar-refractivity contribution in [2.24, 2.45) is 0 Å². The van der Waals surface area contributed by atoms with E-state index in [4.69, 9.17) is 5.73 Å². The van der Waals surface area contributed by atoms with E-state index in [1.165, 1.54) is 19.2 Å². The molecule has 0 aliphatic heterocycles. The second-order valence-corrected chi connectivity index (χ2v) is 4.95. The van der Waals surface area contributed by atoms with Crippen molar-refractivity contribution in [2.45, 2.75) is 13.3 Å². The first-order chi connectivity index (χ1) is 6.24. The number of thiophene rings is 1. The fourth-order valence-corrected chi connectivity index (χ4v) is 3.20. The van der Waals surface area contributed by atoms with Gasteiger partial charge in [0.15, 0.2) is 0 Å². The minimum absolute atomic E-state index is 0.910. The predicted octanol–water partition coefficient (Wildman–Crippen LogP) is 3.65. The second-order valence-electron chi connectivity index (χ2n) is 2.96. The molecule has 0 spiro atoms. The highest BCUT2D eigenvalue weighted by Gasteiger charge is 2.07. The van der Waals surface area contributed by atoms with Gasteiger partial charge in [-0.25, -0.2) is 0 Å². The number of nitrogens with two attached hydrogens (primary N) is 1. The summed E-state index contributed by atoms with van der Waals surface area (Å²) in [7, 11) is 0. The van der Waals surface area contributed by atoms with E-state index in [2.05, 4.69) is 47.0 Å². The molecule has 0 aliphatic carbocycles. The van der Waals surface area contributed by atoms with Crippen LogP contribution < -0.4 is 5.73 Å². The molecule has 68 valence electrons. The molecule has 3 heteroatoms. The zero-order valence-corrected chi connectivity index (χ0v) is 10.3. The lowest BCUT2D eigenvalue weighted by molar-refractivity contribution is 1.16. The molecule has 0 aliphatic rings. The third-order valence-corrected chi connectivity index (χ3v) is 4.63. The number of benzene rings is 1. The lowest BCUT2D eigenvalue weighted by Gasteiger charge is -2.04. The van der Waals surface area contributed by atoms with Gasteiger partial charge in [-0.3, -0.25) is 0 Å². The van der Waals surface area contributed by atoms with E-state index >= 15 is 0 Å². The Morgan fingerprint density at radius 1 is 1.54 bits per heavy atom. The Morgan fingerprint density at radius 3 is 3.00 bits per heavy atom. The van der Waals surface area contributed by atoms with Gasteiger partial charge in [-0.05, 0) is 57.5 Å². The van der Waals surface area contributed by atoms with Crippen LogP contribution in [-0.4, -0.2) is 0 Å². The number of aryl methyl sites for hydroxylation is 1. The Bertz CT molecular complexity index is 447. The smallest absolute Gasteiger partial charge is 0.0538 e. The summed E-state index contributed by atoms with van der Waals surface area (Å²) >= 11 is 4.09. The summed E-state index contributed by atoms with van der Waals surface area (Å²) < 4.78 is 2.53. The molecule has 0 radical (unpaired) electrons. The molecule has 0 bridgehead atoms. The summed E-state index contributed by atoms with van der Waals surface area (Å²) in [5.74, 6) is 0. The summed E-state index contributed by atoms with van der Waals surface area (Å²) in [5, 5.41) is 3.50. The summed E-state index contributed by atoms with van der Waals surface area (Å²) in [4.78, 5) is 0. The largest absolute Gasteiger partial charge is 0.398 e. The topological polar surface area (TPSA) is 26.0 Å². The molecule has 2 rings (SSSR count). The molecular weight excluding hydrogens is 293 g/mol. The van der Waals surface area contributed by atoms with Crippen LogP contribution in [0.5, 0.6) is 0 Å². The summed E-state index contributed by atoms with van der Waals surface area (Å²) in [6.45, 7) is 2.17. The maximum atomic E-state index is 5.92. The highest BCUT2D eigenvalue weighted by Crippen LogP contribution is 2.33. The molecule has 0 amide bonds. The van der Waals surface area contributed by atoms with E-state index in [9.17, 15) is 0 Å². The van der Waals surface area contributed by atoms with Crippen LogP contribution in [0.3, 0.4) is 0 Å². The second kappa shape index (κ2) is 3.46. The van der Waals surface area contributed by atoms with Crippen LogP contribution in [-0.2, 0) is 6.42 Å². The fourth-order valence-electron chi connectivity index (χ4n) is 1.48. The van der Waals surface area contributed by atoms with Crippen LogP contribution in [0.4, 0.5) is 5.69 Å². The van der Waals surface area contributed by atoms with Crippen LogP contribution in [0.25, 0.3) is 10.1 Å². The lowest BCUT2D eigenvalue weighted by Crippen LogP contribution is -1.92. The lowest BCUT2D eigenvalue weighted by atomic mass is 10.1. The van der Waals surface area contributed by atoms with Gasteiger partial charge in [-0.1, -0.05) is 6.92 Å². The molecule has 0 atom stereocenters. The van der Waals surface area contributed by atoms with Crippen molar-refractivity contribution in [3.63, 3.8) is 0 Å². The van der Waals surface area contributed by atoms with Gasteiger partial charge in [0, 0.05) is 10.4 Å². The summed E-state index contributed by atoms with van der Waals surface area (Å²) in [6, 6.07) is 4.28. The van der Waals surface area contributed by atoms with E-state index in [1.54, 1.807) is 11.3 Å². The van der Waals surface area contributed by atoms with Gasteiger partial charge in [0.05, 0.1) is 3.57 Å². The number of hydrogen-bond acceptors (Lipinski definition) is 2. The normalized spacial score (nSPS) is 10.9. The Morgan fingerprint density at radius 2 is 2.31 bits per heavy atom. The van der Waals surface area contributed by atoms with Crippen LogP contribution >= 0.6 is 33.9 Å². The Balaban J connectivity index is 2.87. The molecular formula is C10H10INS. The number of fused-ring (bicyclic) bond motifs is 1. The average Bonchev–Trinajstić information content (AvgIpc) is 2.60. The van der Waals surface area contributed by atoms with Gasteiger partial charge in [0.25, 0.3) is 0 Å². The average molecular weight is 303 g/mol. The summed E-state index contributed by atoms with van der Waals surface area (Å²) in [6.07, 6.45) is 1.05. The third kappa shape index (κ3) is 1.44. The first-order valence-corrected chi connectivity index (χ1v) is 6.14. The van der Waals surface area contributed by atoms with Crippen LogP contribution in [0.1, 0.15) is 12.5 Å².